The van der Waals surface area contributed by atoms with E-state index in [0.717, 1.165) is 17.2 Å². The number of rotatable bonds is 2. The summed E-state index contributed by atoms with van der Waals surface area (Å²) >= 11 is 3.39. The molecule has 11 heavy (non-hydrogen) atoms. The van der Waals surface area contributed by atoms with Crippen molar-refractivity contribution in [1.29, 1.82) is 0 Å². The molecule has 58 valence electrons. The monoisotopic (exact) mass is 212 g/mol. The molecule has 0 spiro atoms. The lowest BCUT2D eigenvalue weighted by Gasteiger charge is -1.99. The Balaban J connectivity index is 3.09. The molecule has 0 saturated carbocycles. The van der Waals surface area contributed by atoms with Crippen molar-refractivity contribution in [3.8, 4) is 0 Å². The molecule has 0 heterocycles. The molecule has 2 heteroatoms. The van der Waals surface area contributed by atoms with Crippen molar-refractivity contribution in [2.75, 3.05) is 0 Å². The minimum Gasteiger partial charge on any atom is -0.298 e. The van der Waals surface area contributed by atoms with E-state index in [1.54, 1.807) is 0 Å². The lowest BCUT2D eigenvalue weighted by atomic mass is 10.1. The number of carbonyl (C=O) groups is 1. The van der Waals surface area contributed by atoms with Crippen LogP contribution in [0.25, 0.3) is 0 Å². The van der Waals surface area contributed by atoms with Crippen LogP contribution in [-0.4, -0.2) is 6.29 Å². The highest BCUT2D eigenvalue weighted by atomic mass is 79.9. The first-order valence-corrected chi connectivity index (χ1v) is 4.31. The average molecular weight is 213 g/mol. The van der Waals surface area contributed by atoms with Crippen LogP contribution in [0.2, 0.25) is 0 Å². The third-order valence-corrected chi connectivity index (χ3v) is 2.33. The minimum absolute atomic E-state index is 0.717. The van der Waals surface area contributed by atoms with Crippen LogP contribution in [0.1, 0.15) is 22.8 Å². The van der Waals surface area contributed by atoms with Crippen LogP contribution in [0, 0.1) is 0 Å². The number of benzene rings is 1. The molecule has 0 fully saturated rings. The molecule has 1 aromatic carbocycles. The quantitative estimate of drug-likeness (QED) is 0.690. The van der Waals surface area contributed by atoms with Gasteiger partial charge in [-0.1, -0.05) is 35.0 Å². The molecular formula is C9H9BrO. The fourth-order valence-electron chi connectivity index (χ4n) is 0.924. The van der Waals surface area contributed by atoms with E-state index < -0.39 is 0 Å². The molecule has 1 aromatic rings. The number of carbonyl (C=O) groups excluding carboxylic acids is 1. The summed E-state index contributed by atoms with van der Waals surface area (Å²) < 4.78 is 1.02. The van der Waals surface area contributed by atoms with Gasteiger partial charge in [-0.05, 0) is 18.1 Å². The van der Waals surface area contributed by atoms with Crippen LogP contribution in [0.15, 0.2) is 22.7 Å². The molecule has 0 saturated heterocycles. The molecule has 0 aliphatic heterocycles. The predicted octanol–water partition coefficient (Wildman–Crippen LogP) is 2.82. The zero-order valence-corrected chi connectivity index (χ0v) is 7.89. The minimum atomic E-state index is 0.717. The molecule has 0 N–H and O–H groups in total. The molecule has 0 unspecified atom stereocenters. The zero-order chi connectivity index (χ0) is 8.27. The van der Waals surface area contributed by atoms with Crippen molar-refractivity contribution in [1.82, 2.24) is 0 Å². The second-order valence-electron chi connectivity index (χ2n) is 2.32. The van der Waals surface area contributed by atoms with Crippen molar-refractivity contribution in [2.45, 2.75) is 13.3 Å². The van der Waals surface area contributed by atoms with Crippen molar-refractivity contribution in [2.24, 2.45) is 0 Å². The van der Waals surface area contributed by atoms with Crippen molar-refractivity contribution < 1.29 is 4.79 Å². The van der Waals surface area contributed by atoms with Gasteiger partial charge in [0.15, 0.2) is 0 Å². The normalized spacial score (nSPS) is 9.64. The van der Waals surface area contributed by atoms with E-state index >= 15 is 0 Å². The van der Waals surface area contributed by atoms with Crippen LogP contribution in [0.5, 0.6) is 0 Å². The topological polar surface area (TPSA) is 17.1 Å². The van der Waals surface area contributed by atoms with Crippen molar-refractivity contribution in [3.05, 3.63) is 33.8 Å². The Kier molecular flexibility index (Phi) is 2.83. The highest BCUT2D eigenvalue weighted by molar-refractivity contribution is 9.10. The molecule has 0 bridgehead atoms. The van der Waals surface area contributed by atoms with Gasteiger partial charge in [-0.15, -0.1) is 0 Å². The summed E-state index contributed by atoms with van der Waals surface area (Å²) in [6.45, 7) is 2.08. The molecule has 0 amide bonds. The summed E-state index contributed by atoms with van der Waals surface area (Å²) in [6, 6.07) is 5.64. The van der Waals surface area contributed by atoms with E-state index in [4.69, 9.17) is 0 Å². The van der Waals surface area contributed by atoms with E-state index in [-0.39, 0.29) is 0 Å². The third-order valence-electron chi connectivity index (χ3n) is 1.59. The van der Waals surface area contributed by atoms with Crippen LogP contribution in [0.3, 0.4) is 0 Å². The van der Waals surface area contributed by atoms with Gasteiger partial charge in [0.05, 0.1) is 0 Å². The maximum absolute atomic E-state index is 10.3. The third kappa shape index (κ3) is 1.90. The summed E-state index contributed by atoms with van der Waals surface area (Å²) in [4.78, 5) is 10.3. The fourth-order valence-corrected chi connectivity index (χ4v) is 1.60. The van der Waals surface area contributed by atoms with E-state index in [2.05, 4.69) is 22.9 Å². The number of aldehydes is 1. The Morgan fingerprint density at radius 3 is 2.73 bits per heavy atom. The molecule has 1 nitrogen and oxygen atoms in total. The predicted molar refractivity (Wildman–Crippen MR) is 48.9 cm³/mol. The molecular weight excluding hydrogens is 204 g/mol. The van der Waals surface area contributed by atoms with Gasteiger partial charge in [0.25, 0.3) is 0 Å². The summed E-state index contributed by atoms with van der Waals surface area (Å²) in [7, 11) is 0. The lowest BCUT2D eigenvalue weighted by Crippen LogP contribution is -1.85. The van der Waals surface area contributed by atoms with Crippen LogP contribution in [-0.2, 0) is 6.42 Å². The maximum Gasteiger partial charge on any atom is 0.150 e. The first-order chi connectivity index (χ1) is 5.27. The highest BCUT2D eigenvalue weighted by Crippen LogP contribution is 2.17. The van der Waals surface area contributed by atoms with Gasteiger partial charge in [-0.3, -0.25) is 4.79 Å². The summed E-state index contributed by atoms with van der Waals surface area (Å²) in [5.74, 6) is 0. The Hall–Kier alpha value is -0.630. The molecule has 0 aliphatic carbocycles. The van der Waals surface area contributed by atoms with Crippen LogP contribution in [0.4, 0.5) is 0 Å². The van der Waals surface area contributed by atoms with Gasteiger partial charge in [0.2, 0.25) is 0 Å². The number of aryl methyl sites for hydroxylation is 1. The molecule has 0 atom stereocenters. The van der Waals surface area contributed by atoms with Crippen LogP contribution >= 0.6 is 15.9 Å². The number of hydrogen-bond donors (Lipinski definition) is 0. The van der Waals surface area contributed by atoms with Gasteiger partial charge < -0.3 is 0 Å². The fraction of sp³-hybridized carbons (Fsp3) is 0.222. The maximum atomic E-state index is 10.3. The number of hydrogen-bond acceptors (Lipinski definition) is 1. The standard InChI is InChI=1S/C9H9BrO/c1-2-8-4-3-7(6-11)5-9(8)10/h3-6H,2H2,1H3. The number of halogens is 1. The Labute approximate surface area is 74.6 Å². The van der Waals surface area contributed by atoms with Crippen molar-refractivity contribution >= 4 is 22.2 Å². The van der Waals surface area contributed by atoms with Gasteiger partial charge >= 0.3 is 0 Å². The highest BCUT2D eigenvalue weighted by Gasteiger charge is 1.97. The van der Waals surface area contributed by atoms with Gasteiger partial charge in [0, 0.05) is 10.0 Å². The van der Waals surface area contributed by atoms with Crippen molar-refractivity contribution in [3.63, 3.8) is 0 Å². The Bertz CT molecular complexity index is 268. The van der Waals surface area contributed by atoms with Crippen LogP contribution < -0.4 is 0 Å². The second kappa shape index (κ2) is 3.67. The summed E-state index contributed by atoms with van der Waals surface area (Å²) in [6.07, 6.45) is 1.84. The van der Waals surface area contributed by atoms with E-state index in [0.29, 0.717) is 5.56 Å². The smallest absolute Gasteiger partial charge is 0.150 e. The molecule has 0 aromatic heterocycles. The van der Waals surface area contributed by atoms with Gasteiger partial charge in [0.1, 0.15) is 6.29 Å². The lowest BCUT2D eigenvalue weighted by molar-refractivity contribution is 0.112. The van der Waals surface area contributed by atoms with Gasteiger partial charge in [-0.25, -0.2) is 0 Å². The zero-order valence-electron chi connectivity index (χ0n) is 6.30. The summed E-state index contributed by atoms with van der Waals surface area (Å²) in [5.41, 5.74) is 1.95. The summed E-state index contributed by atoms with van der Waals surface area (Å²) in [5, 5.41) is 0. The van der Waals surface area contributed by atoms with E-state index in [1.165, 1.54) is 5.56 Å². The average Bonchev–Trinajstić information content (AvgIpc) is 2.04. The van der Waals surface area contributed by atoms with E-state index in [1.807, 2.05) is 18.2 Å². The van der Waals surface area contributed by atoms with Gasteiger partial charge in [-0.2, -0.15) is 0 Å². The SMILES string of the molecule is CCc1ccc(C=O)cc1Br. The Morgan fingerprint density at radius 2 is 2.27 bits per heavy atom. The largest absolute Gasteiger partial charge is 0.298 e. The molecule has 0 aliphatic rings. The Morgan fingerprint density at radius 1 is 1.55 bits per heavy atom. The first kappa shape index (κ1) is 8.47. The second-order valence-corrected chi connectivity index (χ2v) is 3.18. The molecule has 0 radical (unpaired) electrons. The first-order valence-electron chi connectivity index (χ1n) is 3.51. The molecule has 1 rings (SSSR count). The van der Waals surface area contributed by atoms with E-state index in [9.17, 15) is 4.79 Å².